The monoisotopic (exact) mass is 601 g/mol. The predicted octanol–water partition coefficient (Wildman–Crippen LogP) is 11.1. The first-order valence-electron chi connectivity index (χ1n) is 16.1. The average Bonchev–Trinajstić information content (AvgIpc) is 3.79. The zero-order chi connectivity index (χ0) is 31.1. The Morgan fingerprint density at radius 3 is 1.91 bits per heavy atom. The van der Waals surface area contributed by atoms with Gasteiger partial charge in [-0.05, 0) is 66.1 Å². The van der Waals surface area contributed by atoms with Gasteiger partial charge < -0.3 is 13.6 Å². The Morgan fingerprint density at radius 1 is 0.596 bits per heavy atom. The molecule has 0 radical (unpaired) electrons. The van der Waals surface area contributed by atoms with Crippen LogP contribution in [0.2, 0.25) is 0 Å². The Labute approximate surface area is 270 Å². The number of hydrogen-bond donors (Lipinski definition) is 0. The first kappa shape index (κ1) is 26.0. The van der Waals surface area contributed by atoms with Crippen molar-refractivity contribution in [2.45, 2.75) is 12.8 Å². The van der Waals surface area contributed by atoms with E-state index in [4.69, 9.17) is 4.42 Å². The summed E-state index contributed by atoms with van der Waals surface area (Å²) in [4.78, 5) is 0. The number of aromatic nitrogens is 2. The third-order valence-electron chi connectivity index (χ3n) is 9.83. The molecule has 0 amide bonds. The molecular weight excluding hydrogens is 574 g/mol. The minimum atomic E-state index is 0.638. The number of nitriles is 1. The smallest absolute Gasteiger partial charge is 0.159 e. The summed E-state index contributed by atoms with van der Waals surface area (Å²) in [5.74, 6) is 1.07. The van der Waals surface area contributed by atoms with Crippen molar-refractivity contribution in [3.63, 3.8) is 0 Å². The number of nitrogens with zero attached hydrogens (tertiary/aromatic N) is 3. The van der Waals surface area contributed by atoms with Crippen LogP contribution in [-0.2, 0) is 6.42 Å². The fourth-order valence-electron chi connectivity index (χ4n) is 7.71. The van der Waals surface area contributed by atoms with Crippen molar-refractivity contribution in [3.8, 4) is 28.6 Å². The Bertz CT molecular complexity index is 2740. The molecule has 1 aliphatic carbocycles. The SMILES string of the molecule is N#Cc1cc(-c2ccc(-n3c4ccccc4c4ccc5c6c(oc5c43)CCC=C6)cc2)ccc1-n1c2ccccc2c2ccccc21. The molecule has 0 bridgehead atoms. The summed E-state index contributed by atoms with van der Waals surface area (Å²) < 4.78 is 11.1. The number of fused-ring (bicyclic) bond motifs is 10. The van der Waals surface area contributed by atoms with Crippen LogP contribution < -0.4 is 0 Å². The van der Waals surface area contributed by atoms with Gasteiger partial charge in [0.2, 0.25) is 0 Å². The number of benzene rings is 6. The molecule has 0 unspecified atom stereocenters. The van der Waals surface area contributed by atoms with E-state index in [1.165, 1.54) is 27.1 Å². The molecular formula is C43H27N3O. The van der Waals surface area contributed by atoms with Gasteiger partial charge in [-0.25, -0.2) is 0 Å². The van der Waals surface area contributed by atoms with Gasteiger partial charge in [0, 0.05) is 44.6 Å². The van der Waals surface area contributed by atoms with E-state index in [-0.39, 0.29) is 0 Å². The zero-order valence-electron chi connectivity index (χ0n) is 25.4. The van der Waals surface area contributed by atoms with Gasteiger partial charge in [-0.15, -0.1) is 0 Å². The number of rotatable bonds is 3. The second-order valence-electron chi connectivity index (χ2n) is 12.3. The summed E-state index contributed by atoms with van der Waals surface area (Å²) in [6.07, 6.45) is 6.38. The summed E-state index contributed by atoms with van der Waals surface area (Å²) in [6.45, 7) is 0. The minimum Gasteiger partial charge on any atom is -0.458 e. The van der Waals surface area contributed by atoms with Crippen LogP contribution >= 0.6 is 0 Å². The summed E-state index contributed by atoms with van der Waals surface area (Å²) in [5, 5.41) is 16.3. The molecule has 4 heteroatoms. The largest absolute Gasteiger partial charge is 0.458 e. The van der Waals surface area contributed by atoms with Crippen LogP contribution in [0.1, 0.15) is 23.3 Å². The Kier molecular flexibility index (Phi) is 5.44. The van der Waals surface area contributed by atoms with Gasteiger partial charge in [0.15, 0.2) is 5.58 Å². The highest BCUT2D eigenvalue weighted by atomic mass is 16.3. The van der Waals surface area contributed by atoms with Crippen LogP contribution in [0.3, 0.4) is 0 Å². The van der Waals surface area contributed by atoms with Crippen molar-refractivity contribution in [2.75, 3.05) is 0 Å². The predicted molar refractivity (Wildman–Crippen MR) is 192 cm³/mol. The van der Waals surface area contributed by atoms with Crippen LogP contribution in [0, 0.1) is 11.3 Å². The number of furan rings is 1. The fraction of sp³-hybridized carbons (Fsp3) is 0.0465. The molecule has 10 rings (SSSR count). The van der Waals surface area contributed by atoms with Crippen molar-refractivity contribution in [1.29, 1.82) is 5.26 Å². The second kappa shape index (κ2) is 9.84. The van der Waals surface area contributed by atoms with E-state index in [0.717, 1.165) is 74.1 Å². The highest BCUT2D eigenvalue weighted by Gasteiger charge is 2.22. The number of hydrogen-bond acceptors (Lipinski definition) is 2. The first-order chi connectivity index (χ1) is 23.3. The van der Waals surface area contributed by atoms with Gasteiger partial charge in [0.05, 0.1) is 33.3 Å². The lowest BCUT2D eigenvalue weighted by Crippen LogP contribution is -1.98. The van der Waals surface area contributed by atoms with E-state index >= 15 is 0 Å². The molecule has 0 saturated carbocycles. The van der Waals surface area contributed by atoms with Crippen LogP contribution in [-0.4, -0.2) is 9.13 Å². The fourth-order valence-corrected chi connectivity index (χ4v) is 7.71. The zero-order valence-corrected chi connectivity index (χ0v) is 25.4. The molecule has 47 heavy (non-hydrogen) atoms. The highest BCUT2D eigenvalue weighted by molar-refractivity contribution is 6.18. The van der Waals surface area contributed by atoms with Crippen LogP contribution in [0.5, 0.6) is 0 Å². The van der Waals surface area contributed by atoms with Gasteiger partial charge in [-0.2, -0.15) is 5.26 Å². The molecule has 4 nitrogen and oxygen atoms in total. The van der Waals surface area contributed by atoms with Crippen molar-refractivity contribution in [1.82, 2.24) is 9.13 Å². The maximum absolute atomic E-state index is 10.4. The third-order valence-corrected chi connectivity index (χ3v) is 9.83. The van der Waals surface area contributed by atoms with Crippen molar-refractivity contribution in [2.24, 2.45) is 0 Å². The van der Waals surface area contributed by atoms with Gasteiger partial charge in [0.25, 0.3) is 0 Å². The summed E-state index contributed by atoms with van der Waals surface area (Å²) in [7, 11) is 0. The first-order valence-corrected chi connectivity index (χ1v) is 16.1. The Hall–Kier alpha value is -6.31. The van der Waals surface area contributed by atoms with Gasteiger partial charge in [0.1, 0.15) is 11.8 Å². The van der Waals surface area contributed by atoms with Crippen LogP contribution in [0.25, 0.3) is 83.2 Å². The molecule has 0 aliphatic heterocycles. The second-order valence-corrected chi connectivity index (χ2v) is 12.3. The molecule has 0 saturated heterocycles. The molecule has 3 aromatic heterocycles. The lowest BCUT2D eigenvalue weighted by molar-refractivity contribution is 0.548. The van der Waals surface area contributed by atoms with E-state index in [9.17, 15) is 5.26 Å². The Balaban J connectivity index is 1.12. The van der Waals surface area contributed by atoms with Crippen LogP contribution in [0.4, 0.5) is 0 Å². The van der Waals surface area contributed by atoms with E-state index in [2.05, 4.69) is 149 Å². The van der Waals surface area contributed by atoms with E-state index < -0.39 is 0 Å². The maximum atomic E-state index is 10.4. The standard InChI is InChI=1S/C43H27N3O/c44-26-29-25-28(19-24-37(29)46-39-14-6-1-9-31(39)32-10-2-7-15-40(32)46)27-17-20-30(21-18-27)45-38-13-5-3-11-33(38)35-22-23-36-34-12-4-8-16-41(34)47-43(36)42(35)45/h1-7,9-15,17-25H,8,16H2. The molecule has 0 atom stereocenters. The van der Waals surface area contributed by atoms with E-state index in [1.807, 2.05) is 6.07 Å². The lowest BCUT2D eigenvalue weighted by atomic mass is 10.0. The summed E-state index contributed by atoms with van der Waals surface area (Å²) in [6, 6.07) is 47.2. The topological polar surface area (TPSA) is 46.8 Å². The molecule has 0 spiro atoms. The van der Waals surface area contributed by atoms with Crippen molar-refractivity contribution in [3.05, 3.63) is 150 Å². The molecule has 0 N–H and O–H groups in total. The molecule has 6 aromatic carbocycles. The molecule has 220 valence electrons. The normalized spacial score (nSPS) is 12.8. The lowest BCUT2D eigenvalue weighted by Gasteiger charge is -2.13. The number of para-hydroxylation sites is 3. The number of aryl methyl sites for hydroxylation is 1. The van der Waals surface area contributed by atoms with Gasteiger partial charge in [-0.3, -0.25) is 0 Å². The molecule has 9 aromatic rings. The maximum Gasteiger partial charge on any atom is 0.159 e. The van der Waals surface area contributed by atoms with Gasteiger partial charge in [-0.1, -0.05) is 91.0 Å². The average molecular weight is 602 g/mol. The van der Waals surface area contributed by atoms with Crippen LogP contribution in [0.15, 0.2) is 138 Å². The van der Waals surface area contributed by atoms with Crippen molar-refractivity contribution >= 4 is 60.7 Å². The van der Waals surface area contributed by atoms with Crippen molar-refractivity contribution < 1.29 is 4.42 Å². The Morgan fingerprint density at radius 2 is 1.21 bits per heavy atom. The minimum absolute atomic E-state index is 0.638. The van der Waals surface area contributed by atoms with Gasteiger partial charge >= 0.3 is 0 Å². The summed E-state index contributed by atoms with van der Waals surface area (Å²) >= 11 is 0. The molecule has 1 aliphatic rings. The third kappa shape index (κ3) is 3.69. The number of allylic oxidation sites excluding steroid dienone is 1. The van der Waals surface area contributed by atoms with E-state index in [0.29, 0.717) is 5.56 Å². The quantitative estimate of drug-likeness (QED) is 0.202. The molecule has 3 heterocycles. The summed E-state index contributed by atoms with van der Waals surface area (Å²) in [5.41, 5.74) is 11.2. The van der Waals surface area contributed by atoms with E-state index in [1.54, 1.807) is 0 Å². The highest BCUT2D eigenvalue weighted by Crippen LogP contribution is 2.41. The molecule has 0 fully saturated rings.